The van der Waals surface area contributed by atoms with E-state index >= 15 is 0 Å². The zero-order valence-corrected chi connectivity index (χ0v) is 16.5. The lowest BCUT2D eigenvalue weighted by molar-refractivity contribution is 0.0365. The van der Waals surface area contributed by atoms with Crippen LogP contribution in [-0.4, -0.2) is 59.2 Å². The van der Waals surface area contributed by atoms with Gasteiger partial charge in [0.2, 0.25) is 5.78 Å². The zero-order chi connectivity index (χ0) is 19.7. The van der Waals surface area contributed by atoms with Crippen LogP contribution in [0.2, 0.25) is 0 Å². The first-order chi connectivity index (χ1) is 13.5. The largest absolute Gasteiger partial charge is 0.478 e. The van der Waals surface area contributed by atoms with Crippen molar-refractivity contribution in [1.29, 1.82) is 0 Å². The molecule has 1 fully saturated rings. The third-order valence-corrected chi connectivity index (χ3v) is 6.32. The van der Waals surface area contributed by atoms with Crippen molar-refractivity contribution in [3.05, 3.63) is 58.1 Å². The third-order valence-electron chi connectivity index (χ3n) is 5.14. The van der Waals surface area contributed by atoms with Crippen LogP contribution in [0.4, 0.5) is 0 Å². The van der Waals surface area contributed by atoms with Gasteiger partial charge in [0, 0.05) is 42.8 Å². The minimum Gasteiger partial charge on any atom is -0.478 e. The number of benzene rings is 1. The predicted octanol–water partition coefficient (Wildman–Crippen LogP) is 3.27. The maximum Gasteiger partial charge on any atom is 0.336 e. The van der Waals surface area contributed by atoms with Gasteiger partial charge in [-0.3, -0.25) is 9.69 Å². The topological polar surface area (TPSA) is 71.8 Å². The molecule has 146 valence electrons. The molecular formula is C21H22N2O4S. The van der Waals surface area contributed by atoms with Gasteiger partial charge in [-0.05, 0) is 25.1 Å². The van der Waals surface area contributed by atoms with E-state index in [9.17, 15) is 14.7 Å². The van der Waals surface area contributed by atoms with Crippen molar-refractivity contribution < 1.29 is 19.4 Å². The van der Waals surface area contributed by atoms with E-state index in [1.807, 2.05) is 6.07 Å². The molecule has 0 radical (unpaired) electrons. The first-order valence-corrected chi connectivity index (χ1v) is 10.1. The number of carboxylic acids is 1. The molecule has 1 saturated heterocycles. The van der Waals surface area contributed by atoms with E-state index in [0.29, 0.717) is 4.88 Å². The van der Waals surface area contributed by atoms with Crippen molar-refractivity contribution in [1.82, 2.24) is 9.47 Å². The maximum absolute atomic E-state index is 13.0. The van der Waals surface area contributed by atoms with E-state index in [1.54, 1.807) is 18.2 Å². The van der Waals surface area contributed by atoms with Crippen LogP contribution in [0.25, 0.3) is 10.2 Å². The molecule has 0 saturated carbocycles. The number of hydrogen-bond acceptors (Lipinski definition) is 5. The molecule has 1 aromatic carbocycles. The molecule has 0 bridgehead atoms. The number of nitrogens with zero attached hydrogens (tertiary/aromatic N) is 2. The Bertz CT molecular complexity index is 1030. The zero-order valence-electron chi connectivity index (χ0n) is 15.7. The second-order valence-corrected chi connectivity index (χ2v) is 7.97. The number of hydrogen-bond donors (Lipinski definition) is 1. The fourth-order valence-electron chi connectivity index (χ4n) is 3.63. The van der Waals surface area contributed by atoms with Gasteiger partial charge in [0.15, 0.2) is 0 Å². The van der Waals surface area contributed by atoms with Crippen LogP contribution >= 0.6 is 11.3 Å². The molecule has 3 heterocycles. The van der Waals surface area contributed by atoms with Gasteiger partial charge >= 0.3 is 5.97 Å². The van der Waals surface area contributed by atoms with Crippen LogP contribution in [0, 0.1) is 6.92 Å². The number of aromatic carboxylic acids is 1. The number of fused-ring (bicyclic) bond motifs is 1. The van der Waals surface area contributed by atoms with Gasteiger partial charge in [-0.15, -0.1) is 11.3 Å². The van der Waals surface area contributed by atoms with Gasteiger partial charge in [-0.2, -0.15) is 0 Å². The molecular weight excluding hydrogens is 376 g/mol. The number of aromatic nitrogens is 1. The van der Waals surface area contributed by atoms with Crippen LogP contribution in [0.3, 0.4) is 0 Å². The summed E-state index contributed by atoms with van der Waals surface area (Å²) in [6.07, 6.45) is 0. The van der Waals surface area contributed by atoms with Gasteiger partial charge in [-0.1, -0.05) is 18.2 Å². The number of aryl methyl sites for hydroxylation is 1. The van der Waals surface area contributed by atoms with E-state index < -0.39 is 5.97 Å². The standard InChI is InChI=1S/C21H22N2O4S/c1-14-12-15-13-18(19(24)16-4-2-3-5-17(16)21(25)26)28-20(15)23(14)7-6-22-8-10-27-11-9-22/h2-5,12-13H,6-11H2,1H3,(H,25,26). The van der Waals surface area contributed by atoms with Crippen molar-refractivity contribution in [3.8, 4) is 0 Å². The molecule has 7 heteroatoms. The van der Waals surface area contributed by atoms with Crippen molar-refractivity contribution in [2.24, 2.45) is 0 Å². The van der Waals surface area contributed by atoms with E-state index in [1.165, 1.54) is 23.1 Å². The maximum atomic E-state index is 13.0. The Morgan fingerprint density at radius 3 is 2.54 bits per heavy atom. The summed E-state index contributed by atoms with van der Waals surface area (Å²) in [5, 5.41) is 10.4. The SMILES string of the molecule is Cc1cc2cc(C(=O)c3ccccc3C(=O)O)sc2n1CCN1CCOCC1. The Labute approximate surface area is 166 Å². The van der Waals surface area contributed by atoms with Crippen molar-refractivity contribution in [3.63, 3.8) is 0 Å². The molecule has 0 spiro atoms. The van der Waals surface area contributed by atoms with Crippen molar-refractivity contribution in [2.45, 2.75) is 13.5 Å². The summed E-state index contributed by atoms with van der Waals surface area (Å²) >= 11 is 1.43. The lowest BCUT2D eigenvalue weighted by Gasteiger charge is -2.26. The second kappa shape index (κ2) is 7.87. The number of ketones is 1. The van der Waals surface area contributed by atoms with Crippen molar-refractivity contribution >= 4 is 33.3 Å². The van der Waals surface area contributed by atoms with E-state index in [0.717, 1.165) is 49.6 Å². The summed E-state index contributed by atoms with van der Waals surface area (Å²) in [4.78, 5) is 28.4. The van der Waals surface area contributed by atoms with Gasteiger partial charge in [0.05, 0.1) is 23.7 Å². The van der Waals surface area contributed by atoms with Gasteiger partial charge in [0.25, 0.3) is 0 Å². The molecule has 0 amide bonds. The summed E-state index contributed by atoms with van der Waals surface area (Å²) in [5.74, 6) is -1.33. The Hall–Kier alpha value is -2.48. The number of carbonyl (C=O) groups excluding carboxylic acids is 1. The fourth-order valence-corrected chi connectivity index (χ4v) is 4.81. The molecule has 0 aliphatic carbocycles. The highest BCUT2D eigenvalue weighted by Crippen LogP contribution is 2.31. The van der Waals surface area contributed by atoms with Gasteiger partial charge < -0.3 is 14.4 Å². The molecule has 0 unspecified atom stereocenters. The number of carbonyl (C=O) groups is 2. The first-order valence-electron chi connectivity index (χ1n) is 9.31. The third kappa shape index (κ3) is 3.61. The Kier molecular flexibility index (Phi) is 5.30. The lowest BCUT2D eigenvalue weighted by Crippen LogP contribution is -2.38. The van der Waals surface area contributed by atoms with Gasteiger partial charge in [0.1, 0.15) is 4.83 Å². The number of ether oxygens (including phenoxy) is 1. The highest BCUT2D eigenvalue weighted by molar-refractivity contribution is 7.20. The molecule has 3 aromatic rings. The molecule has 1 aliphatic rings. The molecule has 6 nitrogen and oxygen atoms in total. The van der Waals surface area contributed by atoms with E-state index in [-0.39, 0.29) is 16.9 Å². The quantitative estimate of drug-likeness (QED) is 0.645. The molecule has 4 rings (SSSR count). The fraction of sp³-hybridized carbons (Fsp3) is 0.333. The average Bonchev–Trinajstić information content (AvgIpc) is 3.23. The average molecular weight is 398 g/mol. The number of morpholine rings is 1. The second-order valence-electron chi connectivity index (χ2n) is 6.94. The predicted molar refractivity (Wildman–Crippen MR) is 109 cm³/mol. The van der Waals surface area contributed by atoms with Crippen LogP contribution in [0.1, 0.15) is 31.3 Å². The molecule has 0 atom stereocenters. The van der Waals surface area contributed by atoms with Gasteiger partial charge in [-0.25, -0.2) is 4.79 Å². The molecule has 2 aromatic heterocycles. The van der Waals surface area contributed by atoms with Crippen LogP contribution in [0.15, 0.2) is 36.4 Å². The summed E-state index contributed by atoms with van der Waals surface area (Å²) < 4.78 is 7.65. The Morgan fingerprint density at radius 1 is 1.11 bits per heavy atom. The monoisotopic (exact) mass is 398 g/mol. The Balaban J connectivity index is 1.61. The van der Waals surface area contributed by atoms with Crippen molar-refractivity contribution in [2.75, 3.05) is 32.8 Å². The minimum absolute atomic E-state index is 0.0388. The van der Waals surface area contributed by atoms with E-state index in [4.69, 9.17) is 4.74 Å². The number of thiophene rings is 1. The summed E-state index contributed by atoms with van der Waals surface area (Å²) in [7, 11) is 0. The van der Waals surface area contributed by atoms with Crippen LogP contribution < -0.4 is 0 Å². The van der Waals surface area contributed by atoms with Crippen LogP contribution in [0.5, 0.6) is 0 Å². The van der Waals surface area contributed by atoms with E-state index in [2.05, 4.69) is 22.5 Å². The Morgan fingerprint density at radius 2 is 1.82 bits per heavy atom. The summed E-state index contributed by atoms with van der Waals surface area (Å²) in [6.45, 7) is 7.33. The minimum atomic E-state index is -1.09. The molecule has 1 aliphatic heterocycles. The number of rotatable bonds is 6. The highest BCUT2D eigenvalue weighted by Gasteiger charge is 2.21. The normalized spacial score (nSPS) is 15.2. The highest BCUT2D eigenvalue weighted by atomic mass is 32.1. The summed E-state index contributed by atoms with van der Waals surface area (Å²) in [5.41, 5.74) is 1.44. The summed E-state index contributed by atoms with van der Waals surface area (Å²) in [6, 6.07) is 10.3. The number of carboxylic acid groups (broad SMARTS) is 1. The van der Waals surface area contributed by atoms with Crippen LogP contribution in [-0.2, 0) is 11.3 Å². The lowest BCUT2D eigenvalue weighted by atomic mass is 10.0. The molecule has 1 N–H and O–H groups in total. The first kappa shape index (κ1) is 18.9. The molecule has 28 heavy (non-hydrogen) atoms. The smallest absolute Gasteiger partial charge is 0.336 e.